The summed E-state index contributed by atoms with van der Waals surface area (Å²) in [5.74, 6) is 1.40. The summed E-state index contributed by atoms with van der Waals surface area (Å²) in [6, 6.07) is 2.22. The fourth-order valence-electron chi connectivity index (χ4n) is 3.01. The fraction of sp³-hybridized carbons (Fsp3) is 0.444. The molecule has 0 bridgehead atoms. The number of rotatable bonds is 5. The van der Waals surface area contributed by atoms with Gasteiger partial charge >= 0.3 is 0 Å². The predicted molar refractivity (Wildman–Crippen MR) is 86.9 cm³/mol. The minimum atomic E-state index is -0.281. The van der Waals surface area contributed by atoms with Gasteiger partial charge in [0.1, 0.15) is 12.0 Å². The van der Waals surface area contributed by atoms with E-state index in [0.29, 0.717) is 5.92 Å². The molecule has 0 aromatic rings. The van der Waals surface area contributed by atoms with Crippen molar-refractivity contribution in [1.82, 2.24) is 0 Å². The van der Waals surface area contributed by atoms with Crippen molar-refractivity contribution >= 4 is 5.71 Å². The Labute approximate surface area is 131 Å². The van der Waals surface area contributed by atoms with Crippen molar-refractivity contribution in [1.29, 1.82) is 5.26 Å². The summed E-state index contributed by atoms with van der Waals surface area (Å²) in [7, 11) is 0. The van der Waals surface area contributed by atoms with E-state index in [1.54, 1.807) is 0 Å². The Hall–Kier alpha value is -2.12. The first-order chi connectivity index (χ1) is 10.7. The summed E-state index contributed by atoms with van der Waals surface area (Å²) in [6.07, 6.45) is 12.8. The Morgan fingerprint density at radius 3 is 3.00 bits per heavy atom. The second-order valence-corrected chi connectivity index (χ2v) is 5.93. The molecule has 0 saturated heterocycles. The molecule has 3 unspecified atom stereocenters. The predicted octanol–water partition coefficient (Wildman–Crippen LogP) is 3.01. The van der Waals surface area contributed by atoms with Gasteiger partial charge in [-0.2, -0.15) is 5.26 Å². The second-order valence-electron chi connectivity index (χ2n) is 5.93. The first-order valence-corrected chi connectivity index (χ1v) is 7.90. The summed E-state index contributed by atoms with van der Waals surface area (Å²) >= 11 is 0. The highest BCUT2D eigenvalue weighted by atomic mass is 16.5. The number of allylic oxidation sites excluding steroid dienone is 7. The van der Waals surface area contributed by atoms with Gasteiger partial charge < -0.3 is 4.74 Å². The summed E-state index contributed by atoms with van der Waals surface area (Å²) in [6.45, 7) is 2.91. The largest absolute Gasteiger partial charge is 0.474 e. The van der Waals surface area contributed by atoms with E-state index in [1.165, 1.54) is 5.57 Å². The van der Waals surface area contributed by atoms with Crippen LogP contribution in [0.25, 0.3) is 0 Å². The minimum absolute atomic E-state index is 0.239. The van der Waals surface area contributed by atoms with Crippen LogP contribution in [0.15, 0.2) is 52.3 Å². The second kappa shape index (κ2) is 6.33. The lowest BCUT2D eigenvalue weighted by Crippen LogP contribution is -2.35. The lowest BCUT2D eigenvalue weighted by atomic mass is 9.81. The van der Waals surface area contributed by atoms with E-state index in [9.17, 15) is 0 Å². The summed E-state index contributed by atoms with van der Waals surface area (Å²) in [5, 5.41) is 9.08. The van der Waals surface area contributed by atoms with Crippen LogP contribution in [0.2, 0.25) is 0 Å². The van der Waals surface area contributed by atoms with E-state index in [1.807, 2.05) is 12.2 Å². The van der Waals surface area contributed by atoms with Crippen LogP contribution >= 0.6 is 0 Å². The molecule has 1 heterocycles. The molecule has 3 rings (SSSR count). The summed E-state index contributed by atoms with van der Waals surface area (Å²) < 4.78 is 5.90. The van der Waals surface area contributed by atoms with Gasteiger partial charge in [-0.05, 0) is 30.6 Å². The molecule has 2 N–H and O–H groups in total. The number of aliphatic imine (C=N–C) groups is 1. The van der Waals surface area contributed by atoms with Gasteiger partial charge in [-0.15, -0.1) is 0 Å². The molecule has 22 heavy (non-hydrogen) atoms. The third-order valence-electron chi connectivity index (χ3n) is 4.23. The molecule has 4 nitrogen and oxygen atoms in total. The van der Waals surface area contributed by atoms with E-state index >= 15 is 0 Å². The number of nitrogens with two attached hydrogens (primary N) is 1. The maximum absolute atomic E-state index is 9.08. The molecule has 0 amide bonds. The number of nitrogens with zero attached hydrogens (tertiary/aromatic N) is 2. The van der Waals surface area contributed by atoms with Crippen LogP contribution in [-0.4, -0.2) is 18.5 Å². The molecule has 2 aliphatic carbocycles. The van der Waals surface area contributed by atoms with Crippen LogP contribution in [0, 0.1) is 23.2 Å². The van der Waals surface area contributed by atoms with Crippen LogP contribution < -0.4 is 5.73 Å². The topological polar surface area (TPSA) is 71.4 Å². The van der Waals surface area contributed by atoms with Gasteiger partial charge in [-0.25, -0.2) is 0 Å². The Morgan fingerprint density at radius 1 is 1.45 bits per heavy atom. The van der Waals surface area contributed by atoms with Gasteiger partial charge in [0.15, 0.2) is 0 Å². The molecule has 0 radical (unpaired) electrons. The van der Waals surface area contributed by atoms with Crippen molar-refractivity contribution in [2.24, 2.45) is 22.6 Å². The van der Waals surface area contributed by atoms with Crippen molar-refractivity contribution in [3.05, 3.63) is 47.3 Å². The van der Waals surface area contributed by atoms with E-state index in [-0.39, 0.29) is 12.1 Å². The van der Waals surface area contributed by atoms with Crippen molar-refractivity contribution in [2.75, 3.05) is 6.54 Å². The molecule has 0 aromatic heterocycles. The Bertz CT molecular complexity index is 646. The molecule has 114 valence electrons. The first-order valence-electron chi connectivity index (χ1n) is 7.90. The SMILES string of the molecule is CCCC(N)OC1=CC(C2C=C(C#N)C=CC2)=CC2CN=C12. The summed E-state index contributed by atoms with van der Waals surface area (Å²) in [5.41, 5.74) is 8.96. The quantitative estimate of drug-likeness (QED) is 0.792. The molecule has 0 saturated carbocycles. The van der Waals surface area contributed by atoms with Gasteiger partial charge in [0.25, 0.3) is 0 Å². The van der Waals surface area contributed by atoms with Crippen LogP contribution in [0.4, 0.5) is 0 Å². The molecule has 0 aromatic carbocycles. The van der Waals surface area contributed by atoms with E-state index in [0.717, 1.165) is 42.9 Å². The van der Waals surface area contributed by atoms with Gasteiger partial charge in [-0.1, -0.05) is 31.6 Å². The smallest absolute Gasteiger partial charge is 0.147 e. The average molecular weight is 295 g/mol. The van der Waals surface area contributed by atoms with Gasteiger partial charge in [-0.3, -0.25) is 10.7 Å². The molecular weight excluding hydrogens is 274 g/mol. The highest BCUT2D eigenvalue weighted by molar-refractivity contribution is 6.06. The maximum Gasteiger partial charge on any atom is 0.147 e. The van der Waals surface area contributed by atoms with E-state index < -0.39 is 0 Å². The van der Waals surface area contributed by atoms with Crippen LogP contribution in [0.5, 0.6) is 0 Å². The van der Waals surface area contributed by atoms with Crippen molar-refractivity contribution in [3.63, 3.8) is 0 Å². The number of hydrogen-bond donors (Lipinski definition) is 1. The number of fused-ring (bicyclic) bond motifs is 1. The lowest BCUT2D eigenvalue weighted by Gasteiger charge is -2.32. The number of nitriles is 1. The maximum atomic E-state index is 9.08. The summed E-state index contributed by atoms with van der Waals surface area (Å²) in [4.78, 5) is 4.44. The molecule has 0 spiro atoms. The van der Waals surface area contributed by atoms with Crippen molar-refractivity contribution < 1.29 is 4.74 Å². The molecule has 1 aliphatic heterocycles. The third kappa shape index (κ3) is 2.90. The highest BCUT2D eigenvalue weighted by Crippen LogP contribution is 2.34. The molecule has 4 heteroatoms. The van der Waals surface area contributed by atoms with Crippen LogP contribution in [0.1, 0.15) is 26.2 Å². The third-order valence-corrected chi connectivity index (χ3v) is 4.23. The zero-order valence-electron chi connectivity index (χ0n) is 12.8. The van der Waals surface area contributed by atoms with Crippen molar-refractivity contribution in [3.8, 4) is 6.07 Å². The van der Waals surface area contributed by atoms with Gasteiger partial charge in [0.05, 0.1) is 18.3 Å². The highest BCUT2D eigenvalue weighted by Gasteiger charge is 2.32. The molecule has 3 atom stereocenters. The normalized spacial score (nSPS) is 27.3. The minimum Gasteiger partial charge on any atom is -0.474 e. The molecule has 3 aliphatic rings. The number of ether oxygens (including phenoxy) is 1. The van der Waals surface area contributed by atoms with E-state index in [4.69, 9.17) is 15.7 Å². The zero-order chi connectivity index (χ0) is 15.5. The molecular formula is C18H21N3O. The number of hydrogen-bond acceptors (Lipinski definition) is 4. The van der Waals surface area contributed by atoms with Crippen molar-refractivity contribution in [2.45, 2.75) is 32.4 Å². The van der Waals surface area contributed by atoms with Gasteiger partial charge in [0.2, 0.25) is 0 Å². The van der Waals surface area contributed by atoms with Crippen LogP contribution in [0.3, 0.4) is 0 Å². The average Bonchev–Trinajstić information content (AvgIpc) is 2.49. The van der Waals surface area contributed by atoms with Crippen LogP contribution in [-0.2, 0) is 4.74 Å². The zero-order valence-corrected chi connectivity index (χ0v) is 12.8. The fourth-order valence-corrected chi connectivity index (χ4v) is 3.01. The molecule has 0 fully saturated rings. The first kappa shape index (κ1) is 14.8. The standard InChI is InChI=1S/C18H21N3O/c1-2-4-17(20)22-16-9-14(8-15-11-21-18(15)16)13-6-3-5-12(7-13)10-19/h3,5,7-9,13,15,17H,2,4,6,11,20H2,1H3. The monoisotopic (exact) mass is 295 g/mol. The Balaban J connectivity index is 1.81. The lowest BCUT2D eigenvalue weighted by molar-refractivity contribution is 0.124. The van der Waals surface area contributed by atoms with Gasteiger partial charge in [0, 0.05) is 17.4 Å². The Kier molecular flexibility index (Phi) is 4.26. The Morgan fingerprint density at radius 2 is 2.32 bits per heavy atom. The van der Waals surface area contributed by atoms with E-state index in [2.05, 4.69) is 36.2 Å².